The molecular weight excluding hydrogens is 487 g/mol. The number of hydrogen-bond acceptors (Lipinski definition) is 6. The molecule has 2 aliphatic heterocycles. The van der Waals surface area contributed by atoms with Crippen LogP contribution in [0.4, 0.5) is 16.2 Å². The molecule has 0 unspecified atom stereocenters. The van der Waals surface area contributed by atoms with E-state index in [9.17, 15) is 0 Å². The van der Waals surface area contributed by atoms with Crippen LogP contribution in [0.25, 0.3) is 32.8 Å². The van der Waals surface area contributed by atoms with E-state index in [-0.39, 0.29) is 0 Å². The van der Waals surface area contributed by atoms with E-state index in [0.717, 1.165) is 61.1 Å². The van der Waals surface area contributed by atoms with E-state index in [4.69, 9.17) is 21.6 Å². The van der Waals surface area contributed by atoms with Crippen molar-refractivity contribution in [3.8, 4) is 11.1 Å². The van der Waals surface area contributed by atoms with Crippen LogP contribution in [-0.2, 0) is 0 Å². The molecule has 2 saturated heterocycles. The van der Waals surface area contributed by atoms with Gasteiger partial charge in [0.2, 0.25) is 5.95 Å². The molecule has 2 N–H and O–H groups in total. The highest BCUT2D eigenvalue weighted by Gasteiger charge is 2.34. The highest BCUT2D eigenvalue weighted by Crippen LogP contribution is 2.41. The Balaban J connectivity index is 1.49. The Bertz CT molecular complexity index is 1440. The van der Waals surface area contributed by atoms with E-state index >= 15 is 4.39 Å². The number of nitrogens with zero attached hydrogens (tertiary/aromatic N) is 4. The van der Waals surface area contributed by atoms with Gasteiger partial charge in [0.1, 0.15) is 11.3 Å². The predicted molar refractivity (Wildman–Crippen MR) is 151 cm³/mol. The van der Waals surface area contributed by atoms with Gasteiger partial charge < -0.3 is 20.4 Å². The highest BCUT2D eigenvalue weighted by molar-refractivity contribution is 6.35. The molecule has 0 aliphatic carbocycles. The van der Waals surface area contributed by atoms with Crippen LogP contribution in [0, 0.1) is 5.82 Å². The number of rotatable bonds is 7. The maximum Gasteiger partial charge on any atom is 0.225 e. The number of halogens is 2. The van der Waals surface area contributed by atoms with E-state index in [2.05, 4.69) is 34.5 Å². The molecule has 0 saturated carbocycles. The van der Waals surface area contributed by atoms with Gasteiger partial charge in [0.05, 0.1) is 5.02 Å². The van der Waals surface area contributed by atoms with Gasteiger partial charge in [-0.05, 0) is 62.3 Å². The second-order valence-corrected chi connectivity index (χ2v) is 10.9. The third-order valence-corrected chi connectivity index (χ3v) is 7.80. The zero-order chi connectivity index (χ0) is 25.5. The second-order valence-electron chi connectivity index (χ2n) is 10.5. The van der Waals surface area contributed by atoms with Crippen LogP contribution in [0.15, 0.2) is 48.5 Å². The number of piperazine rings is 1. The Hall–Kier alpha value is -3.00. The number of aromatic nitrogens is 2. The zero-order valence-electron chi connectivity index (χ0n) is 21.3. The Morgan fingerprint density at radius 3 is 2.59 bits per heavy atom. The topological polar surface area (TPSA) is 56.3 Å². The normalized spacial score (nSPS) is 19.3. The molecule has 2 fully saturated rings. The van der Waals surface area contributed by atoms with Crippen molar-refractivity contribution >= 4 is 45.0 Å². The van der Waals surface area contributed by atoms with Crippen molar-refractivity contribution in [2.24, 2.45) is 0 Å². The summed E-state index contributed by atoms with van der Waals surface area (Å²) < 4.78 is 16.5. The average Bonchev–Trinajstić information content (AvgIpc) is 3.23. The maximum absolute atomic E-state index is 16.5. The Labute approximate surface area is 221 Å². The first-order chi connectivity index (χ1) is 18.0. The SMILES string of the molecule is CN(C)CCCNc1nc(N2C[C@H]3CC[C@@H](C2)N3)c2cc(Cl)c(-c3cccc4ccccc34)c(F)c2n1. The smallest absolute Gasteiger partial charge is 0.225 e. The van der Waals surface area contributed by atoms with E-state index in [1.807, 2.05) is 48.5 Å². The molecule has 2 atom stereocenters. The molecule has 4 aromatic rings. The number of hydrogen-bond donors (Lipinski definition) is 2. The zero-order valence-corrected chi connectivity index (χ0v) is 22.0. The molecule has 0 amide bonds. The largest absolute Gasteiger partial charge is 0.354 e. The van der Waals surface area contributed by atoms with Gasteiger partial charge in [0, 0.05) is 42.7 Å². The van der Waals surface area contributed by atoms with Crippen LogP contribution >= 0.6 is 11.6 Å². The monoisotopic (exact) mass is 518 g/mol. The van der Waals surface area contributed by atoms with Crippen molar-refractivity contribution < 1.29 is 4.39 Å². The molecule has 3 aromatic carbocycles. The summed E-state index contributed by atoms with van der Waals surface area (Å²) in [6.45, 7) is 3.34. The number of nitrogens with one attached hydrogen (secondary N) is 2. The van der Waals surface area contributed by atoms with E-state index < -0.39 is 5.82 Å². The van der Waals surface area contributed by atoms with Crippen molar-refractivity contribution in [2.75, 3.05) is 50.5 Å². The van der Waals surface area contributed by atoms with Crippen molar-refractivity contribution in [3.63, 3.8) is 0 Å². The van der Waals surface area contributed by atoms with Gasteiger partial charge in [-0.2, -0.15) is 4.98 Å². The molecule has 37 heavy (non-hydrogen) atoms. The van der Waals surface area contributed by atoms with Gasteiger partial charge in [-0.3, -0.25) is 0 Å². The number of anilines is 2. The quantitative estimate of drug-likeness (QED) is 0.313. The minimum absolute atomic E-state index is 0.304. The molecule has 6 nitrogen and oxygen atoms in total. The van der Waals surface area contributed by atoms with Crippen LogP contribution in [0.3, 0.4) is 0 Å². The second kappa shape index (κ2) is 10.0. The first kappa shape index (κ1) is 24.3. The molecule has 2 bridgehead atoms. The molecule has 6 rings (SSSR count). The predicted octanol–water partition coefficient (Wildman–Crippen LogP) is 5.55. The molecule has 192 valence electrons. The summed E-state index contributed by atoms with van der Waals surface area (Å²) in [5.41, 5.74) is 1.45. The summed E-state index contributed by atoms with van der Waals surface area (Å²) in [6, 6.07) is 16.6. The summed E-state index contributed by atoms with van der Waals surface area (Å²) in [6.07, 6.45) is 3.24. The lowest BCUT2D eigenvalue weighted by Crippen LogP contribution is -2.51. The molecule has 3 heterocycles. The molecular formula is C29H32ClFN6. The van der Waals surface area contributed by atoms with Crippen LogP contribution in [-0.4, -0.2) is 67.2 Å². The van der Waals surface area contributed by atoms with Crippen LogP contribution in [0.1, 0.15) is 19.3 Å². The van der Waals surface area contributed by atoms with Crippen molar-refractivity contribution in [1.82, 2.24) is 20.2 Å². The molecule has 0 spiro atoms. The van der Waals surface area contributed by atoms with E-state index in [1.165, 1.54) is 0 Å². The number of fused-ring (bicyclic) bond motifs is 4. The number of benzene rings is 3. The molecule has 1 aromatic heterocycles. The minimum Gasteiger partial charge on any atom is -0.354 e. The van der Waals surface area contributed by atoms with E-state index in [0.29, 0.717) is 46.1 Å². The first-order valence-electron chi connectivity index (χ1n) is 13.1. The minimum atomic E-state index is -0.406. The summed E-state index contributed by atoms with van der Waals surface area (Å²) in [5, 5.41) is 10.0. The lowest BCUT2D eigenvalue weighted by molar-refractivity contribution is 0.405. The fourth-order valence-corrected chi connectivity index (χ4v) is 6.05. The summed E-state index contributed by atoms with van der Waals surface area (Å²) in [5.74, 6) is 0.804. The first-order valence-corrected chi connectivity index (χ1v) is 13.4. The molecule has 2 aliphatic rings. The summed E-state index contributed by atoms with van der Waals surface area (Å²) >= 11 is 6.85. The lowest BCUT2D eigenvalue weighted by atomic mass is 9.96. The van der Waals surface area contributed by atoms with Gasteiger partial charge >= 0.3 is 0 Å². The standard InChI is InChI=1S/C29H32ClFN6/c1-36(2)14-6-13-32-29-34-27-23(28(35-29)37-16-19-11-12-20(17-37)33-19)15-24(30)25(26(27)31)22-10-5-8-18-7-3-4-9-21(18)22/h3-5,7-10,15,19-20,33H,6,11-14,16-17H2,1-2H3,(H,32,34,35)/t19-,20+. The van der Waals surface area contributed by atoms with Crippen molar-refractivity contribution in [3.05, 3.63) is 59.4 Å². The van der Waals surface area contributed by atoms with Crippen LogP contribution in [0.2, 0.25) is 5.02 Å². The van der Waals surface area contributed by atoms with Crippen molar-refractivity contribution in [2.45, 2.75) is 31.3 Å². The molecule has 0 radical (unpaired) electrons. The van der Waals surface area contributed by atoms with Crippen molar-refractivity contribution in [1.29, 1.82) is 0 Å². The Morgan fingerprint density at radius 1 is 1.05 bits per heavy atom. The maximum atomic E-state index is 16.5. The fraction of sp³-hybridized carbons (Fsp3) is 0.379. The lowest BCUT2D eigenvalue weighted by Gasteiger charge is -2.34. The van der Waals surface area contributed by atoms with Crippen LogP contribution < -0.4 is 15.5 Å². The Morgan fingerprint density at radius 2 is 1.81 bits per heavy atom. The summed E-state index contributed by atoms with van der Waals surface area (Å²) in [4.78, 5) is 14.0. The molecule has 8 heteroatoms. The highest BCUT2D eigenvalue weighted by atomic mass is 35.5. The Kier molecular flexibility index (Phi) is 6.61. The third-order valence-electron chi connectivity index (χ3n) is 7.50. The van der Waals surface area contributed by atoms with Gasteiger partial charge in [-0.1, -0.05) is 54.1 Å². The van der Waals surface area contributed by atoms with Crippen LogP contribution in [0.5, 0.6) is 0 Å². The average molecular weight is 519 g/mol. The fourth-order valence-electron chi connectivity index (χ4n) is 5.76. The van der Waals surface area contributed by atoms with Gasteiger partial charge in [-0.15, -0.1) is 0 Å². The van der Waals surface area contributed by atoms with Gasteiger partial charge in [0.25, 0.3) is 0 Å². The van der Waals surface area contributed by atoms with Gasteiger partial charge in [-0.25, -0.2) is 9.37 Å². The third kappa shape index (κ3) is 4.72. The van der Waals surface area contributed by atoms with E-state index in [1.54, 1.807) is 0 Å². The van der Waals surface area contributed by atoms with Gasteiger partial charge in [0.15, 0.2) is 5.82 Å². The summed E-state index contributed by atoms with van der Waals surface area (Å²) in [7, 11) is 4.11.